The first-order valence-corrected chi connectivity index (χ1v) is 6.73. The van der Waals surface area contributed by atoms with Crippen molar-refractivity contribution < 1.29 is 19.1 Å². The van der Waals surface area contributed by atoms with Crippen molar-refractivity contribution >= 4 is 28.4 Å². The van der Waals surface area contributed by atoms with Crippen LogP contribution in [0.15, 0.2) is 42.5 Å². The fourth-order valence-corrected chi connectivity index (χ4v) is 2.03. The Hall–Kier alpha value is -2.82. The van der Waals surface area contributed by atoms with Gasteiger partial charge in [-0.25, -0.2) is 4.79 Å². The summed E-state index contributed by atoms with van der Waals surface area (Å²) in [6, 6.07) is 8.86. The van der Waals surface area contributed by atoms with Gasteiger partial charge in [0.2, 0.25) is 0 Å². The summed E-state index contributed by atoms with van der Waals surface area (Å²) < 4.78 is 10.7. The standard InChI is InChI=1S/C17H17NO4/c1-10(2)17(20)22-16-13-8-6-5-7-12(13)15(21-11(3)19)9-14(16)18-4/h5-9,18H,1H2,2-4H3. The summed E-state index contributed by atoms with van der Waals surface area (Å²) in [4.78, 5) is 23.1. The van der Waals surface area contributed by atoms with Gasteiger partial charge in [0, 0.05) is 36.4 Å². The van der Waals surface area contributed by atoms with Crippen LogP contribution in [0.2, 0.25) is 0 Å². The lowest BCUT2D eigenvalue weighted by molar-refractivity contribution is -0.132. The molecule has 0 amide bonds. The summed E-state index contributed by atoms with van der Waals surface area (Å²) >= 11 is 0. The highest BCUT2D eigenvalue weighted by Crippen LogP contribution is 2.40. The number of hydrogen-bond donors (Lipinski definition) is 1. The van der Waals surface area contributed by atoms with E-state index in [-0.39, 0.29) is 0 Å². The highest BCUT2D eigenvalue weighted by atomic mass is 16.5. The molecule has 0 unspecified atom stereocenters. The molecule has 0 saturated carbocycles. The summed E-state index contributed by atoms with van der Waals surface area (Å²) in [5.41, 5.74) is 0.847. The van der Waals surface area contributed by atoms with Gasteiger partial charge in [-0.15, -0.1) is 0 Å². The van der Waals surface area contributed by atoms with Crippen molar-refractivity contribution in [2.75, 3.05) is 12.4 Å². The molecule has 0 saturated heterocycles. The minimum absolute atomic E-state index is 0.301. The van der Waals surface area contributed by atoms with Gasteiger partial charge >= 0.3 is 11.9 Å². The van der Waals surface area contributed by atoms with Gasteiger partial charge in [0.15, 0.2) is 5.75 Å². The monoisotopic (exact) mass is 299 g/mol. The van der Waals surface area contributed by atoms with Crippen LogP contribution in [0.4, 0.5) is 5.69 Å². The molecule has 0 aliphatic carbocycles. The molecular weight excluding hydrogens is 282 g/mol. The van der Waals surface area contributed by atoms with Crippen molar-refractivity contribution in [1.29, 1.82) is 0 Å². The highest BCUT2D eigenvalue weighted by Gasteiger charge is 2.17. The maximum Gasteiger partial charge on any atom is 0.338 e. The first kappa shape index (κ1) is 15.6. The Labute approximate surface area is 128 Å². The average Bonchev–Trinajstić information content (AvgIpc) is 2.48. The number of ether oxygens (including phenoxy) is 2. The summed E-state index contributed by atoms with van der Waals surface area (Å²) in [5, 5.41) is 4.30. The van der Waals surface area contributed by atoms with Crippen LogP contribution < -0.4 is 14.8 Å². The van der Waals surface area contributed by atoms with E-state index in [4.69, 9.17) is 9.47 Å². The van der Waals surface area contributed by atoms with Crippen molar-refractivity contribution in [1.82, 2.24) is 0 Å². The number of rotatable bonds is 4. The van der Waals surface area contributed by atoms with Gasteiger partial charge in [0.25, 0.3) is 0 Å². The number of anilines is 1. The van der Waals surface area contributed by atoms with Crippen molar-refractivity contribution in [3.63, 3.8) is 0 Å². The van der Waals surface area contributed by atoms with Crippen LogP contribution in [0.25, 0.3) is 10.8 Å². The Morgan fingerprint density at radius 3 is 2.27 bits per heavy atom. The van der Waals surface area contributed by atoms with E-state index < -0.39 is 11.9 Å². The zero-order chi connectivity index (χ0) is 16.3. The lowest BCUT2D eigenvalue weighted by Gasteiger charge is -2.15. The number of esters is 2. The third-order valence-electron chi connectivity index (χ3n) is 3.02. The highest BCUT2D eigenvalue weighted by molar-refractivity contribution is 6.01. The lowest BCUT2D eigenvalue weighted by atomic mass is 10.1. The van der Waals surface area contributed by atoms with Crippen LogP contribution in [0.1, 0.15) is 13.8 Å². The molecule has 0 heterocycles. The Kier molecular flexibility index (Phi) is 4.46. The van der Waals surface area contributed by atoms with Gasteiger partial charge in [0.1, 0.15) is 5.75 Å². The van der Waals surface area contributed by atoms with Crippen LogP contribution in [0, 0.1) is 0 Å². The Morgan fingerprint density at radius 1 is 1.09 bits per heavy atom. The van der Waals surface area contributed by atoms with Gasteiger partial charge in [-0.3, -0.25) is 4.79 Å². The summed E-state index contributed by atoms with van der Waals surface area (Å²) in [6.07, 6.45) is 0. The largest absolute Gasteiger partial charge is 0.426 e. The van der Waals surface area contributed by atoms with Crippen LogP contribution in [0.3, 0.4) is 0 Å². The molecule has 5 heteroatoms. The summed E-state index contributed by atoms with van der Waals surface area (Å²) in [6.45, 7) is 6.50. The van der Waals surface area contributed by atoms with Gasteiger partial charge in [-0.2, -0.15) is 0 Å². The molecule has 2 aromatic carbocycles. The van der Waals surface area contributed by atoms with Crippen molar-refractivity contribution in [3.05, 3.63) is 42.5 Å². The number of fused-ring (bicyclic) bond motifs is 1. The normalized spacial score (nSPS) is 10.1. The molecule has 0 fully saturated rings. The molecule has 0 radical (unpaired) electrons. The second-order valence-corrected chi connectivity index (χ2v) is 4.81. The van der Waals surface area contributed by atoms with E-state index in [1.165, 1.54) is 6.92 Å². The predicted molar refractivity (Wildman–Crippen MR) is 85.3 cm³/mol. The maximum atomic E-state index is 11.9. The quantitative estimate of drug-likeness (QED) is 0.533. The molecule has 0 aromatic heterocycles. The van der Waals surface area contributed by atoms with E-state index in [0.29, 0.717) is 33.5 Å². The topological polar surface area (TPSA) is 64.6 Å². The summed E-state index contributed by atoms with van der Waals surface area (Å²) in [7, 11) is 1.69. The molecule has 2 aromatic rings. The average molecular weight is 299 g/mol. The molecule has 114 valence electrons. The van der Waals surface area contributed by atoms with E-state index >= 15 is 0 Å². The number of nitrogens with one attached hydrogen (secondary N) is 1. The molecule has 2 rings (SSSR count). The molecule has 0 spiro atoms. The molecule has 0 bridgehead atoms. The van der Waals surface area contributed by atoms with Crippen LogP contribution in [0.5, 0.6) is 11.5 Å². The van der Waals surface area contributed by atoms with E-state index in [1.54, 1.807) is 32.2 Å². The molecule has 0 aliphatic rings. The minimum atomic E-state index is -0.512. The van der Waals surface area contributed by atoms with Gasteiger partial charge in [0.05, 0.1) is 5.69 Å². The zero-order valence-corrected chi connectivity index (χ0v) is 12.7. The molecule has 5 nitrogen and oxygen atoms in total. The second kappa shape index (κ2) is 6.30. The van der Waals surface area contributed by atoms with Gasteiger partial charge < -0.3 is 14.8 Å². The van der Waals surface area contributed by atoms with E-state index in [2.05, 4.69) is 11.9 Å². The number of hydrogen-bond acceptors (Lipinski definition) is 5. The summed E-state index contributed by atoms with van der Waals surface area (Å²) in [5.74, 6) is -0.148. The van der Waals surface area contributed by atoms with Crippen LogP contribution in [-0.2, 0) is 9.59 Å². The smallest absolute Gasteiger partial charge is 0.338 e. The van der Waals surface area contributed by atoms with E-state index in [1.807, 2.05) is 12.1 Å². The fourth-order valence-electron chi connectivity index (χ4n) is 2.03. The SMILES string of the molecule is C=C(C)C(=O)Oc1c(NC)cc(OC(C)=O)c2ccccc12. The number of carbonyl (C=O) groups excluding carboxylic acids is 2. The third kappa shape index (κ3) is 3.09. The van der Waals surface area contributed by atoms with Crippen molar-refractivity contribution in [2.24, 2.45) is 0 Å². The first-order valence-electron chi connectivity index (χ1n) is 6.73. The maximum absolute atomic E-state index is 11.9. The molecule has 0 aliphatic heterocycles. The molecular formula is C17H17NO4. The molecule has 22 heavy (non-hydrogen) atoms. The number of benzene rings is 2. The van der Waals surface area contributed by atoms with Crippen molar-refractivity contribution in [3.8, 4) is 11.5 Å². The van der Waals surface area contributed by atoms with Crippen molar-refractivity contribution in [2.45, 2.75) is 13.8 Å². The Morgan fingerprint density at radius 2 is 1.73 bits per heavy atom. The van der Waals surface area contributed by atoms with Gasteiger partial charge in [-0.1, -0.05) is 30.8 Å². The third-order valence-corrected chi connectivity index (χ3v) is 3.02. The fraction of sp³-hybridized carbons (Fsp3) is 0.176. The van der Waals surface area contributed by atoms with Crippen LogP contribution >= 0.6 is 0 Å². The zero-order valence-electron chi connectivity index (χ0n) is 12.7. The molecule has 1 N–H and O–H groups in total. The van der Waals surface area contributed by atoms with E-state index in [9.17, 15) is 9.59 Å². The predicted octanol–water partition coefficient (Wildman–Crippen LogP) is 3.29. The molecule has 0 atom stereocenters. The lowest BCUT2D eigenvalue weighted by Crippen LogP contribution is -2.11. The first-order chi connectivity index (χ1) is 10.4. The number of carbonyl (C=O) groups is 2. The van der Waals surface area contributed by atoms with Gasteiger partial charge in [-0.05, 0) is 6.92 Å². The van der Waals surface area contributed by atoms with E-state index in [0.717, 1.165) is 0 Å². The Bertz CT molecular complexity index is 765. The Balaban J connectivity index is 2.67. The second-order valence-electron chi connectivity index (χ2n) is 4.81. The minimum Gasteiger partial charge on any atom is -0.426 e. The van der Waals surface area contributed by atoms with Crippen LogP contribution in [-0.4, -0.2) is 19.0 Å².